The van der Waals surface area contributed by atoms with Crippen molar-refractivity contribution in [3.63, 3.8) is 0 Å². The van der Waals surface area contributed by atoms with Gasteiger partial charge in [0.05, 0.1) is 17.5 Å². The third-order valence-corrected chi connectivity index (χ3v) is 5.57. The largest absolute Gasteiger partial charge is 0.396 e. The second kappa shape index (κ2) is 6.67. The van der Waals surface area contributed by atoms with E-state index in [-0.39, 0.29) is 12.6 Å². The van der Waals surface area contributed by atoms with Gasteiger partial charge in [0, 0.05) is 20.3 Å². The van der Waals surface area contributed by atoms with Crippen LogP contribution in [-0.4, -0.2) is 50.7 Å². The zero-order chi connectivity index (χ0) is 14.6. The van der Waals surface area contributed by atoms with E-state index in [1.165, 1.54) is 4.31 Å². The van der Waals surface area contributed by atoms with Crippen molar-refractivity contribution in [3.05, 3.63) is 29.8 Å². The fourth-order valence-corrected chi connectivity index (χ4v) is 3.65. The van der Waals surface area contributed by atoms with Crippen molar-refractivity contribution in [3.8, 4) is 0 Å². The number of hydrogen-bond donors (Lipinski definition) is 1. The molecule has 1 unspecified atom stereocenters. The smallest absolute Gasteiger partial charge is 0.243 e. The summed E-state index contributed by atoms with van der Waals surface area (Å²) in [6.07, 6.45) is 2.18. The van der Waals surface area contributed by atoms with Crippen LogP contribution in [0.4, 0.5) is 0 Å². The summed E-state index contributed by atoms with van der Waals surface area (Å²) in [4.78, 5) is 0.305. The van der Waals surface area contributed by atoms with Crippen molar-refractivity contribution < 1.29 is 18.3 Å². The molecular weight excluding hydrogens is 278 g/mol. The summed E-state index contributed by atoms with van der Waals surface area (Å²) in [5, 5.41) is 8.79. The molecule has 0 spiro atoms. The van der Waals surface area contributed by atoms with Crippen LogP contribution in [0.15, 0.2) is 29.2 Å². The van der Waals surface area contributed by atoms with E-state index in [1.54, 1.807) is 19.2 Å². The fraction of sp³-hybridized carbons (Fsp3) is 0.571. The van der Waals surface area contributed by atoms with Gasteiger partial charge in [0.15, 0.2) is 0 Å². The van der Waals surface area contributed by atoms with Crippen LogP contribution in [0.3, 0.4) is 0 Å². The second-order valence-electron chi connectivity index (χ2n) is 5.01. The molecule has 1 N–H and O–H groups in total. The molecule has 1 fully saturated rings. The maximum atomic E-state index is 12.5. The van der Waals surface area contributed by atoms with E-state index in [0.717, 1.165) is 18.4 Å². The molecule has 6 heteroatoms. The SMILES string of the molecule is CN(C1CCOC1)S(=O)(=O)c1ccc(CCCO)cc1. The van der Waals surface area contributed by atoms with Gasteiger partial charge in [0.2, 0.25) is 10.0 Å². The molecule has 1 aromatic rings. The number of sulfonamides is 1. The first kappa shape index (κ1) is 15.4. The average Bonchev–Trinajstić information content (AvgIpc) is 2.98. The molecule has 20 heavy (non-hydrogen) atoms. The minimum atomic E-state index is -3.46. The van der Waals surface area contributed by atoms with E-state index in [2.05, 4.69) is 0 Å². The van der Waals surface area contributed by atoms with Crippen molar-refractivity contribution in [2.24, 2.45) is 0 Å². The lowest BCUT2D eigenvalue weighted by Gasteiger charge is -2.22. The molecule has 0 radical (unpaired) electrons. The van der Waals surface area contributed by atoms with Gasteiger partial charge in [-0.2, -0.15) is 4.31 Å². The minimum Gasteiger partial charge on any atom is -0.396 e. The lowest BCUT2D eigenvalue weighted by molar-refractivity contribution is 0.181. The number of benzene rings is 1. The third kappa shape index (κ3) is 3.38. The molecule has 0 amide bonds. The zero-order valence-electron chi connectivity index (χ0n) is 11.7. The van der Waals surface area contributed by atoms with Crippen molar-refractivity contribution in [1.82, 2.24) is 4.31 Å². The number of nitrogens with zero attached hydrogens (tertiary/aromatic N) is 1. The molecule has 1 heterocycles. The number of ether oxygens (including phenoxy) is 1. The first-order valence-corrected chi connectivity index (χ1v) is 8.25. The summed E-state index contributed by atoms with van der Waals surface area (Å²) >= 11 is 0. The molecule has 1 aliphatic rings. The zero-order valence-corrected chi connectivity index (χ0v) is 12.5. The first-order chi connectivity index (χ1) is 9.55. The number of aliphatic hydroxyl groups excluding tert-OH is 1. The van der Waals surface area contributed by atoms with Crippen LogP contribution >= 0.6 is 0 Å². The third-order valence-electron chi connectivity index (χ3n) is 3.64. The van der Waals surface area contributed by atoms with E-state index in [4.69, 9.17) is 9.84 Å². The minimum absolute atomic E-state index is 0.0749. The number of aliphatic hydroxyl groups is 1. The van der Waals surface area contributed by atoms with E-state index >= 15 is 0 Å². The van der Waals surface area contributed by atoms with Gasteiger partial charge < -0.3 is 9.84 Å². The quantitative estimate of drug-likeness (QED) is 0.851. The van der Waals surface area contributed by atoms with E-state index in [1.807, 2.05) is 12.1 Å². The van der Waals surface area contributed by atoms with E-state index in [0.29, 0.717) is 24.5 Å². The Labute approximate surface area is 120 Å². The fourth-order valence-electron chi connectivity index (χ4n) is 2.28. The number of likely N-dealkylation sites (N-methyl/N-ethyl adjacent to an activating group) is 1. The molecule has 2 rings (SSSR count). The Morgan fingerprint density at radius 1 is 1.35 bits per heavy atom. The number of hydrogen-bond acceptors (Lipinski definition) is 4. The highest BCUT2D eigenvalue weighted by Gasteiger charge is 2.30. The van der Waals surface area contributed by atoms with Gasteiger partial charge >= 0.3 is 0 Å². The number of rotatable bonds is 6. The Morgan fingerprint density at radius 3 is 2.60 bits per heavy atom. The second-order valence-corrected chi connectivity index (χ2v) is 7.01. The highest BCUT2D eigenvalue weighted by molar-refractivity contribution is 7.89. The summed E-state index contributed by atoms with van der Waals surface area (Å²) in [6, 6.07) is 6.81. The summed E-state index contributed by atoms with van der Waals surface area (Å²) in [7, 11) is -1.85. The highest BCUT2D eigenvalue weighted by atomic mass is 32.2. The van der Waals surface area contributed by atoms with Gasteiger partial charge in [0.25, 0.3) is 0 Å². The highest BCUT2D eigenvalue weighted by Crippen LogP contribution is 2.21. The molecule has 0 saturated carbocycles. The normalized spacial score (nSPS) is 19.6. The lowest BCUT2D eigenvalue weighted by atomic mass is 10.1. The molecule has 1 aromatic carbocycles. The Balaban J connectivity index is 2.12. The van der Waals surface area contributed by atoms with Gasteiger partial charge in [-0.3, -0.25) is 0 Å². The summed E-state index contributed by atoms with van der Waals surface area (Å²) < 4.78 is 31.6. The molecule has 0 aliphatic carbocycles. The van der Waals surface area contributed by atoms with Gasteiger partial charge in [0.1, 0.15) is 0 Å². The Kier molecular flexibility index (Phi) is 5.15. The number of aryl methyl sites for hydroxylation is 1. The standard InChI is InChI=1S/C14H21NO4S/c1-15(13-8-10-19-11-13)20(17,18)14-6-4-12(5-7-14)3-2-9-16/h4-7,13,16H,2-3,8-11H2,1H3. The molecular formula is C14H21NO4S. The van der Waals surface area contributed by atoms with Gasteiger partial charge in [-0.25, -0.2) is 8.42 Å². The molecule has 1 aliphatic heterocycles. The summed E-state index contributed by atoms with van der Waals surface area (Å²) in [5.41, 5.74) is 1.03. The Hall–Kier alpha value is -0.950. The topological polar surface area (TPSA) is 66.8 Å². The van der Waals surface area contributed by atoms with Crippen molar-refractivity contribution in [1.29, 1.82) is 0 Å². The molecule has 1 saturated heterocycles. The Bertz CT molecular complexity index is 521. The van der Waals surface area contributed by atoms with Gasteiger partial charge in [-0.05, 0) is 37.0 Å². The maximum absolute atomic E-state index is 12.5. The monoisotopic (exact) mass is 299 g/mol. The molecule has 1 atom stereocenters. The van der Waals surface area contributed by atoms with Crippen molar-refractivity contribution >= 4 is 10.0 Å². The summed E-state index contributed by atoms with van der Waals surface area (Å²) in [6.45, 7) is 1.22. The lowest BCUT2D eigenvalue weighted by Crippen LogP contribution is -2.37. The van der Waals surface area contributed by atoms with Crippen LogP contribution in [0, 0.1) is 0 Å². The van der Waals surface area contributed by atoms with E-state index in [9.17, 15) is 8.42 Å². The average molecular weight is 299 g/mol. The predicted molar refractivity (Wildman–Crippen MR) is 76.0 cm³/mol. The van der Waals surface area contributed by atoms with Crippen LogP contribution in [-0.2, 0) is 21.2 Å². The molecule has 5 nitrogen and oxygen atoms in total. The van der Waals surface area contributed by atoms with Crippen LogP contribution in [0.2, 0.25) is 0 Å². The Morgan fingerprint density at radius 2 is 2.05 bits per heavy atom. The van der Waals surface area contributed by atoms with Crippen LogP contribution < -0.4 is 0 Å². The van der Waals surface area contributed by atoms with Crippen LogP contribution in [0.25, 0.3) is 0 Å². The maximum Gasteiger partial charge on any atom is 0.243 e. The van der Waals surface area contributed by atoms with Crippen LogP contribution in [0.5, 0.6) is 0 Å². The van der Waals surface area contributed by atoms with Gasteiger partial charge in [-0.1, -0.05) is 12.1 Å². The summed E-state index contributed by atoms with van der Waals surface area (Å²) in [5.74, 6) is 0. The van der Waals surface area contributed by atoms with Crippen LogP contribution in [0.1, 0.15) is 18.4 Å². The van der Waals surface area contributed by atoms with Crippen molar-refractivity contribution in [2.75, 3.05) is 26.9 Å². The molecule has 0 bridgehead atoms. The predicted octanol–water partition coefficient (Wildman–Crippen LogP) is 1.02. The van der Waals surface area contributed by atoms with E-state index < -0.39 is 10.0 Å². The van der Waals surface area contributed by atoms with Crippen molar-refractivity contribution in [2.45, 2.75) is 30.2 Å². The molecule has 112 valence electrons. The molecule has 0 aromatic heterocycles. The van der Waals surface area contributed by atoms with Gasteiger partial charge in [-0.15, -0.1) is 0 Å². The first-order valence-electron chi connectivity index (χ1n) is 6.81.